The monoisotopic (exact) mass is 292 g/mol. The first-order valence-corrected chi connectivity index (χ1v) is 8.24. The Hall–Kier alpha value is -1.32. The normalized spacial score (nSPS) is 12.8. The van der Waals surface area contributed by atoms with E-state index >= 15 is 0 Å². The molecule has 0 saturated heterocycles. The summed E-state index contributed by atoms with van der Waals surface area (Å²) in [5.41, 5.74) is 1.11. The van der Waals surface area contributed by atoms with Crippen molar-refractivity contribution in [3.05, 3.63) is 11.4 Å². The Morgan fingerprint density at radius 1 is 0.952 bits per heavy atom. The van der Waals surface area contributed by atoms with Crippen LogP contribution in [0, 0.1) is 12.8 Å². The first-order chi connectivity index (χ1) is 9.85. The van der Waals surface area contributed by atoms with Gasteiger partial charge >= 0.3 is 0 Å². The highest BCUT2D eigenvalue weighted by atomic mass is 15.1. The van der Waals surface area contributed by atoms with Crippen molar-refractivity contribution in [2.75, 3.05) is 17.2 Å². The van der Waals surface area contributed by atoms with Crippen LogP contribution in [0.5, 0.6) is 0 Å². The van der Waals surface area contributed by atoms with Gasteiger partial charge in [-0.2, -0.15) is 0 Å². The van der Waals surface area contributed by atoms with Gasteiger partial charge < -0.3 is 10.6 Å². The van der Waals surface area contributed by atoms with Crippen LogP contribution in [0.15, 0.2) is 0 Å². The number of anilines is 2. The van der Waals surface area contributed by atoms with E-state index in [0.717, 1.165) is 41.9 Å². The van der Waals surface area contributed by atoms with Gasteiger partial charge in [0.05, 0.1) is 0 Å². The van der Waals surface area contributed by atoms with Gasteiger partial charge in [0.1, 0.15) is 17.5 Å². The van der Waals surface area contributed by atoms with E-state index in [1.807, 2.05) is 0 Å². The molecule has 1 atom stereocenters. The molecule has 1 aromatic heterocycles. The number of aromatic nitrogens is 2. The minimum atomic E-state index is 0.328. The molecule has 0 aliphatic heterocycles. The fourth-order valence-electron chi connectivity index (χ4n) is 2.16. The first kappa shape index (κ1) is 17.7. The highest BCUT2D eigenvalue weighted by Crippen LogP contribution is 2.24. The molecule has 0 aromatic carbocycles. The molecule has 1 aromatic rings. The summed E-state index contributed by atoms with van der Waals surface area (Å²) < 4.78 is 0. The van der Waals surface area contributed by atoms with Crippen molar-refractivity contribution in [2.45, 2.75) is 73.3 Å². The van der Waals surface area contributed by atoms with E-state index in [-0.39, 0.29) is 0 Å². The van der Waals surface area contributed by atoms with Gasteiger partial charge in [0, 0.05) is 24.1 Å². The average Bonchev–Trinajstić information content (AvgIpc) is 2.40. The summed E-state index contributed by atoms with van der Waals surface area (Å²) in [6, 6.07) is 0.426. The molecule has 0 saturated carbocycles. The average molecular weight is 292 g/mol. The lowest BCUT2D eigenvalue weighted by atomic mass is 10.0. The van der Waals surface area contributed by atoms with Crippen molar-refractivity contribution >= 4 is 11.6 Å². The summed E-state index contributed by atoms with van der Waals surface area (Å²) in [7, 11) is 0. The third-order valence-corrected chi connectivity index (χ3v) is 3.58. The molecule has 0 bridgehead atoms. The second kappa shape index (κ2) is 8.20. The molecule has 21 heavy (non-hydrogen) atoms. The van der Waals surface area contributed by atoms with E-state index in [1.165, 1.54) is 6.42 Å². The van der Waals surface area contributed by atoms with E-state index in [1.54, 1.807) is 0 Å². The second-order valence-electron chi connectivity index (χ2n) is 6.61. The highest BCUT2D eigenvalue weighted by Gasteiger charge is 2.14. The molecule has 0 aliphatic carbocycles. The third-order valence-electron chi connectivity index (χ3n) is 3.58. The summed E-state index contributed by atoms with van der Waals surface area (Å²) in [5.74, 6) is 3.89. The Labute approximate surface area is 130 Å². The van der Waals surface area contributed by atoms with Crippen LogP contribution in [0.25, 0.3) is 0 Å². The number of hydrogen-bond donors (Lipinski definition) is 2. The van der Waals surface area contributed by atoms with E-state index in [0.29, 0.717) is 12.0 Å². The van der Waals surface area contributed by atoms with Crippen LogP contribution in [-0.2, 0) is 0 Å². The van der Waals surface area contributed by atoms with E-state index < -0.39 is 0 Å². The predicted molar refractivity (Wildman–Crippen MR) is 92.2 cm³/mol. The maximum Gasteiger partial charge on any atom is 0.135 e. The zero-order chi connectivity index (χ0) is 16.0. The van der Waals surface area contributed by atoms with Crippen LogP contribution in [0.2, 0.25) is 0 Å². The molecule has 0 amide bonds. The van der Waals surface area contributed by atoms with Crippen LogP contribution >= 0.6 is 0 Å². The van der Waals surface area contributed by atoms with Gasteiger partial charge in [-0.15, -0.1) is 0 Å². The summed E-state index contributed by atoms with van der Waals surface area (Å²) in [6.07, 6.45) is 2.39. The molecular weight excluding hydrogens is 260 g/mol. The summed E-state index contributed by atoms with van der Waals surface area (Å²) in [5, 5.41) is 6.91. The smallest absolute Gasteiger partial charge is 0.135 e. The molecule has 120 valence electrons. The molecule has 2 N–H and O–H groups in total. The van der Waals surface area contributed by atoms with E-state index in [2.05, 4.69) is 64.1 Å². The van der Waals surface area contributed by atoms with E-state index in [4.69, 9.17) is 4.98 Å². The van der Waals surface area contributed by atoms with Crippen LogP contribution in [-0.4, -0.2) is 22.6 Å². The first-order valence-electron chi connectivity index (χ1n) is 8.24. The number of hydrogen-bond acceptors (Lipinski definition) is 4. The molecule has 4 heteroatoms. The van der Waals surface area contributed by atoms with Crippen LogP contribution in [0.1, 0.15) is 71.7 Å². The molecule has 1 rings (SSSR count). The predicted octanol–water partition coefficient (Wildman–Crippen LogP) is 4.58. The van der Waals surface area contributed by atoms with Crippen LogP contribution in [0.4, 0.5) is 11.6 Å². The zero-order valence-corrected chi connectivity index (χ0v) is 14.7. The van der Waals surface area contributed by atoms with Gasteiger partial charge in [0.25, 0.3) is 0 Å². The van der Waals surface area contributed by atoms with Crippen molar-refractivity contribution in [1.29, 1.82) is 0 Å². The Morgan fingerprint density at radius 2 is 1.57 bits per heavy atom. The highest BCUT2D eigenvalue weighted by molar-refractivity contribution is 5.57. The van der Waals surface area contributed by atoms with Crippen molar-refractivity contribution in [1.82, 2.24) is 9.97 Å². The van der Waals surface area contributed by atoms with Gasteiger partial charge in [-0.1, -0.05) is 27.7 Å². The fraction of sp³-hybridized carbons (Fsp3) is 0.765. The van der Waals surface area contributed by atoms with Crippen molar-refractivity contribution < 1.29 is 0 Å². The van der Waals surface area contributed by atoms with Gasteiger partial charge in [0.2, 0.25) is 0 Å². The Kier molecular flexibility index (Phi) is 6.93. The maximum absolute atomic E-state index is 4.72. The third kappa shape index (κ3) is 5.52. The van der Waals surface area contributed by atoms with E-state index in [9.17, 15) is 0 Å². The topological polar surface area (TPSA) is 49.8 Å². The minimum absolute atomic E-state index is 0.328. The Morgan fingerprint density at radius 3 is 2.10 bits per heavy atom. The molecule has 1 heterocycles. The second-order valence-corrected chi connectivity index (χ2v) is 6.61. The van der Waals surface area contributed by atoms with Gasteiger partial charge in [-0.3, -0.25) is 0 Å². The van der Waals surface area contributed by atoms with Crippen LogP contribution < -0.4 is 10.6 Å². The lowest BCUT2D eigenvalue weighted by molar-refractivity contribution is 0.526. The number of rotatable bonds is 8. The molecule has 0 spiro atoms. The maximum atomic E-state index is 4.72. The quantitative estimate of drug-likeness (QED) is 0.736. The van der Waals surface area contributed by atoms with Crippen LogP contribution in [0.3, 0.4) is 0 Å². The molecule has 0 fully saturated rings. The summed E-state index contributed by atoms with van der Waals surface area (Å²) >= 11 is 0. The molecule has 1 unspecified atom stereocenters. The Balaban J connectivity index is 2.93. The zero-order valence-electron chi connectivity index (χ0n) is 14.7. The van der Waals surface area contributed by atoms with Crippen molar-refractivity contribution in [3.8, 4) is 0 Å². The van der Waals surface area contributed by atoms with Gasteiger partial charge in [-0.05, 0) is 39.5 Å². The standard InChI is InChI=1S/C17H32N4/c1-8-18-16-14(7)17(21-15(20-16)12(4)5)19-13(6)10-9-11(2)3/h11-13H,8-10H2,1-7H3,(H2,18,19,20,21). The van der Waals surface area contributed by atoms with Crippen molar-refractivity contribution in [3.63, 3.8) is 0 Å². The van der Waals surface area contributed by atoms with Crippen molar-refractivity contribution in [2.24, 2.45) is 5.92 Å². The molecular formula is C17H32N4. The largest absolute Gasteiger partial charge is 0.370 e. The van der Waals surface area contributed by atoms with Gasteiger partial charge in [-0.25, -0.2) is 9.97 Å². The molecule has 4 nitrogen and oxygen atoms in total. The summed E-state index contributed by atoms with van der Waals surface area (Å²) in [6.45, 7) is 16.1. The molecule has 0 aliphatic rings. The number of nitrogens with one attached hydrogen (secondary N) is 2. The summed E-state index contributed by atoms with van der Waals surface area (Å²) in [4.78, 5) is 9.36. The SMILES string of the molecule is CCNc1nc(C(C)C)nc(NC(C)CCC(C)C)c1C. The lowest BCUT2D eigenvalue weighted by Gasteiger charge is -2.20. The Bertz CT molecular complexity index is 441. The minimum Gasteiger partial charge on any atom is -0.370 e. The lowest BCUT2D eigenvalue weighted by Crippen LogP contribution is -2.19. The fourth-order valence-corrected chi connectivity index (χ4v) is 2.16. The van der Waals surface area contributed by atoms with Gasteiger partial charge in [0.15, 0.2) is 0 Å². The molecule has 0 radical (unpaired) electrons. The number of nitrogens with zero attached hydrogens (tertiary/aromatic N) is 2.